The molecule has 0 spiro atoms. The summed E-state index contributed by atoms with van der Waals surface area (Å²) in [5.41, 5.74) is 0.889. The molecular weight excluding hydrogens is 286 g/mol. The van der Waals surface area contributed by atoms with Crippen LogP contribution in [0.4, 0.5) is 5.82 Å². The molecule has 0 N–H and O–H groups in total. The first kappa shape index (κ1) is 15.4. The molecule has 0 amide bonds. The largest absolute Gasteiger partial charge is 0.458 e. The molecule has 0 aliphatic rings. The fourth-order valence-electron chi connectivity index (χ4n) is 1.89. The van der Waals surface area contributed by atoms with Gasteiger partial charge in [0.2, 0.25) is 0 Å². The van der Waals surface area contributed by atoms with Crippen LogP contribution in [0, 0.1) is 17.0 Å². The Balaban J connectivity index is 1.86. The second kappa shape index (κ2) is 7.16. The minimum absolute atomic E-state index is 0.0377. The first-order valence-corrected chi connectivity index (χ1v) is 6.64. The Bertz CT molecular complexity index is 692. The number of nitrogens with zero attached hydrogens (tertiary/aromatic N) is 3. The Morgan fingerprint density at radius 1 is 1.41 bits per heavy atom. The second-order valence-corrected chi connectivity index (χ2v) is 4.48. The third-order valence-electron chi connectivity index (χ3n) is 2.99. The first-order chi connectivity index (χ1) is 10.6. The highest BCUT2D eigenvalue weighted by Gasteiger charge is 2.17. The lowest BCUT2D eigenvalue weighted by atomic mass is 10.2. The van der Waals surface area contributed by atoms with Crippen LogP contribution in [0.5, 0.6) is 0 Å². The van der Waals surface area contributed by atoms with Gasteiger partial charge in [0.25, 0.3) is 0 Å². The molecule has 1 aromatic heterocycles. The van der Waals surface area contributed by atoms with Crippen molar-refractivity contribution in [2.45, 2.75) is 13.5 Å². The van der Waals surface area contributed by atoms with Crippen LogP contribution in [0.25, 0.3) is 6.08 Å². The summed E-state index contributed by atoms with van der Waals surface area (Å²) >= 11 is 0. The van der Waals surface area contributed by atoms with Gasteiger partial charge in [-0.1, -0.05) is 30.3 Å². The summed E-state index contributed by atoms with van der Waals surface area (Å²) in [7, 11) is 0. The van der Waals surface area contributed by atoms with E-state index in [1.54, 1.807) is 13.0 Å². The van der Waals surface area contributed by atoms with Gasteiger partial charge in [-0.2, -0.15) is 0 Å². The van der Waals surface area contributed by atoms with E-state index in [-0.39, 0.29) is 19.0 Å². The van der Waals surface area contributed by atoms with Crippen molar-refractivity contribution in [2.75, 3.05) is 6.61 Å². The van der Waals surface area contributed by atoms with Gasteiger partial charge < -0.3 is 14.9 Å². The van der Waals surface area contributed by atoms with Gasteiger partial charge in [0.15, 0.2) is 5.82 Å². The van der Waals surface area contributed by atoms with Crippen molar-refractivity contribution in [3.05, 3.63) is 64.1 Å². The Hall–Kier alpha value is -2.96. The van der Waals surface area contributed by atoms with Gasteiger partial charge in [-0.15, -0.1) is 0 Å². The molecular formula is C15H15N3O4. The highest BCUT2D eigenvalue weighted by atomic mass is 16.6. The molecule has 0 saturated heterocycles. The SMILES string of the molecule is Cc1ncc([N+](=O)[O-])n1CCOC(=O)/C=C/c1ccccc1. The number of aryl methyl sites for hydroxylation is 1. The third-order valence-corrected chi connectivity index (χ3v) is 2.99. The predicted octanol–water partition coefficient (Wildman–Crippen LogP) is 2.36. The number of aromatic nitrogens is 2. The smallest absolute Gasteiger partial charge is 0.342 e. The van der Waals surface area contributed by atoms with Crippen LogP contribution in [-0.4, -0.2) is 27.1 Å². The van der Waals surface area contributed by atoms with E-state index in [1.165, 1.54) is 16.8 Å². The average molecular weight is 301 g/mol. The van der Waals surface area contributed by atoms with Crippen molar-refractivity contribution in [1.29, 1.82) is 0 Å². The van der Waals surface area contributed by atoms with Crippen molar-refractivity contribution >= 4 is 17.9 Å². The van der Waals surface area contributed by atoms with E-state index in [4.69, 9.17) is 4.74 Å². The fourth-order valence-corrected chi connectivity index (χ4v) is 1.89. The zero-order valence-corrected chi connectivity index (χ0v) is 12.0. The van der Waals surface area contributed by atoms with Crippen molar-refractivity contribution in [3.63, 3.8) is 0 Å². The molecule has 114 valence electrons. The number of carbonyl (C=O) groups excluding carboxylic acids is 1. The fraction of sp³-hybridized carbons (Fsp3) is 0.200. The summed E-state index contributed by atoms with van der Waals surface area (Å²) in [6.45, 7) is 1.88. The molecule has 0 unspecified atom stereocenters. The van der Waals surface area contributed by atoms with E-state index in [2.05, 4.69) is 4.98 Å². The molecule has 1 aromatic carbocycles. The molecule has 0 saturated carbocycles. The van der Waals surface area contributed by atoms with Crippen LogP contribution >= 0.6 is 0 Å². The maximum absolute atomic E-state index is 11.6. The summed E-state index contributed by atoms with van der Waals surface area (Å²) in [6.07, 6.45) is 4.16. The van der Waals surface area contributed by atoms with Gasteiger partial charge in [0, 0.05) is 13.0 Å². The second-order valence-electron chi connectivity index (χ2n) is 4.48. The quantitative estimate of drug-likeness (QED) is 0.354. The van der Waals surface area contributed by atoms with Gasteiger partial charge in [0.1, 0.15) is 19.3 Å². The zero-order valence-electron chi connectivity index (χ0n) is 12.0. The lowest BCUT2D eigenvalue weighted by Crippen LogP contribution is -2.12. The van der Waals surface area contributed by atoms with Crippen LogP contribution in [0.15, 0.2) is 42.6 Å². The Labute approximate surface area is 127 Å². The van der Waals surface area contributed by atoms with Crippen molar-refractivity contribution in [2.24, 2.45) is 0 Å². The van der Waals surface area contributed by atoms with Gasteiger partial charge in [-0.25, -0.2) is 14.3 Å². The average Bonchev–Trinajstić information content (AvgIpc) is 2.88. The number of hydrogen-bond acceptors (Lipinski definition) is 5. The zero-order chi connectivity index (χ0) is 15.9. The number of esters is 1. The maximum atomic E-state index is 11.6. The summed E-state index contributed by atoms with van der Waals surface area (Å²) in [5, 5.41) is 10.8. The minimum Gasteiger partial charge on any atom is -0.458 e. The number of carbonyl (C=O) groups is 1. The standard InChI is InChI=1S/C15H15N3O4/c1-12-16-11-14(18(20)21)17(12)9-10-22-15(19)8-7-13-5-3-2-4-6-13/h2-8,11H,9-10H2,1H3/b8-7+. The molecule has 22 heavy (non-hydrogen) atoms. The summed E-state index contributed by atoms with van der Waals surface area (Å²) in [6, 6.07) is 9.35. The Morgan fingerprint density at radius 2 is 2.14 bits per heavy atom. The maximum Gasteiger partial charge on any atom is 0.342 e. The Morgan fingerprint density at radius 3 is 2.82 bits per heavy atom. The molecule has 2 aromatic rings. The number of benzene rings is 1. The molecule has 0 aliphatic carbocycles. The number of nitro groups is 1. The van der Waals surface area contributed by atoms with Gasteiger partial charge in [-0.3, -0.25) is 0 Å². The van der Waals surface area contributed by atoms with Crippen LogP contribution in [0.1, 0.15) is 11.4 Å². The molecule has 7 heteroatoms. The minimum atomic E-state index is -0.517. The number of hydrogen-bond donors (Lipinski definition) is 0. The van der Waals surface area contributed by atoms with Gasteiger partial charge in [-0.05, 0) is 16.6 Å². The molecule has 0 bridgehead atoms. The third kappa shape index (κ3) is 4.02. The predicted molar refractivity (Wildman–Crippen MR) is 80.1 cm³/mol. The van der Waals surface area contributed by atoms with Crippen LogP contribution in [-0.2, 0) is 16.1 Å². The van der Waals surface area contributed by atoms with Crippen molar-refractivity contribution in [3.8, 4) is 0 Å². The first-order valence-electron chi connectivity index (χ1n) is 6.64. The van der Waals surface area contributed by atoms with Crippen LogP contribution < -0.4 is 0 Å². The molecule has 2 rings (SSSR count). The van der Waals surface area contributed by atoms with Crippen molar-refractivity contribution in [1.82, 2.24) is 9.55 Å². The molecule has 7 nitrogen and oxygen atoms in total. The summed E-state index contributed by atoms with van der Waals surface area (Å²) in [5.74, 6) is -0.111. The van der Waals surface area contributed by atoms with E-state index in [0.29, 0.717) is 5.82 Å². The molecule has 1 heterocycles. The monoisotopic (exact) mass is 301 g/mol. The molecule has 0 aliphatic heterocycles. The van der Waals surface area contributed by atoms with Crippen LogP contribution in [0.2, 0.25) is 0 Å². The topological polar surface area (TPSA) is 87.3 Å². The number of rotatable bonds is 6. The highest BCUT2D eigenvalue weighted by molar-refractivity contribution is 5.86. The highest BCUT2D eigenvalue weighted by Crippen LogP contribution is 2.13. The molecule has 0 radical (unpaired) electrons. The van der Waals surface area contributed by atoms with Crippen LogP contribution in [0.3, 0.4) is 0 Å². The van der Waals surface area contributed by atoms with Gasteiger partial charge >= 0.3 is 11.8 Å². The van der Waals surface area contributed by atoms with E-state index >= 15 is 0 Å². The normalized spacial score (nSPS) is 10.8. The van der Waals surface area contributed by atoms with E-state index in [9.17, 15) is 14.9 Å². The lowest BCUT2D eigenvalue weighted by Gasteiger charge is -2.03. The van der Waals surface area contributed by atoms with Gasteiger partial charge in [0.05, 0.1) is 0 Å². The molecule has 0 atom stereocenters. The molecule has 0 fully saturated rings. The number of ether oxygens (including phenoxy) is 1. The van der Waals surface area contributed by atoms with E-state index in [0.717, 1.165) is 5.56 Å². The number of imidazole rings is 1. The summed E-state index contributed by atoms with van der Waals surface area (Å²) < 4.78 is 6.43. The van der Waals surface area contributed by atoms with Crippen molar-refractivity contribution < 1.29 is 14.5 Å². The van der Waals surface area contributed by atoms with E-state index < -0.39 is 10.9 Å². The summed E-state index contributed by atoms with van der Waals surface area (Å²) in [4.78, 5) is 25.8. The Kier molecular flexibility index (Phi) is 5.02. The van der Waals surface area contributed by atoms with E-state index in [1.807, 2.05) is 30.3 Å². The lowest BCUT2D eigenvalue weighted by molar-refractivity contribution is -0.392.